The number of anilines is 1. The second kappa shape index (κ2) is 5.39. The van der Waals surface area contributed by atoms with Gasteiger partial charge in [-0.3, -0.25) is 0 Å². The van der Waals surface area contributed by atoms with Gasteiger partial charge in [0.1, 0.15) is 11.6 Å². The van der Waals surface area contributed by atoms with Crippen molar-refractivity contribution in [1.29, 1.82) is 0 Å². The minimum absolute atomic E-state index is 0.234. The molecule has 0 aliphatic heterocycles. The summed E-state index contributed by atoms with van der Waals surface area (Å²) < 4.78 is 26.9. The van der Waals surface area contributed by atoms with Crippen LogP contribution in [-0.2, 0) is 6.54 Å². The van der Waals surface area contributed by atoms with E-state index in [0.717, 1.165) is 39.6 Å². The summed E-state index contributed by atoms with van der Waals surface area (Å²) in [6.45, 7) is 0.234. The number of fused-ring (bicyclic) bond motifs is 3. The van der Waals surface area contributed by atoms with Crippen LogP contribution in [0.3, 0.4) is 0 Å². The second-order valence-corrected chi connectivity index (χ2v) is 5.52. The molecule has 0 saturated carbocycles. The van der Waals surface area contributed by atoms with E-state index in [9.17, 15) is 8.78 Å². The number of para-hydroxylation sites is 1. The third-order valence-electron chi connectivity index (χ3n) is 4.00. The fourth-order valence-corrected chi connectivity index (χ4v) is 2.83. The first-order chi connectivity index (χ1) is 11.2. The number of halogens is 2. The number of hydrogen-bond donors (Lipinski definition) is 2. The quantitative estimate of drug-likeness (QED) is 0.534. The van der Waals surface area contributed by atoms with Gasteiger partial charge in [-0.25, -0.2) is 8.78 Å². The maximum Gasteiger partial charge on any atom is 0.128 e. The maximum absolute atomic E-state index is 13.7. The van der Waals surface area contributed by atoms with Crippen LogP contribution >= 0.6 is 0 Å². The third kappa shape index (κ3) is 2.52. The summed E-state index contributed by atoms with van der Waals surface area (Å²) in [5.41, 5.74) is 3.31. The highest BCUT2D eigenvalue weighted by Crippen LogP contribution is 2.27. The zero-order valence-corrected chi connectivity index (χ0v) is 12.2. The standard InChI is InChI=1S/C19H14F2N2/c20-13-5-7-17(21)12(9-13)11-22-14-6-8-19-16(10-14)15-3-1-2-4-18(15)23-19/h1-10,22-23H,11H2. The van der Waals surface area contributed by atoms with Crippen molar-refractivity contribution in [3.05, 3.63) is 77.9 Å². The summed E-state index contributed by atoms with van der Waals surface area (Å²) in [5, 5.41) is 5.40. The van der Waals surface area contributed by atoms with Gasteiger partial charge in [0.25, 0.3) is 0 Å². The molecule has 0 radical (unpaired) electrons. The van der Waals surface area contributed by atoms with E-state index in [4.69, 9.17) is 0 Å². The molecule has 0 aliphatic carbocycles. The van der Waals surface area contributed by atoms with Crippen LogP contribution in [0, 0.1) is 11.6 Å². The first-order valence-electron chi connectivity index (χ1n) is 7.39. The number of rotatable bonds is 3. The Morgan fingerprint density at radius 2 is 1.65 bits per heavy atom. The van der Waals surface area contributed by atoms with Gasteiger partial charge in [0.15, 0.2) is 0 Å². The summed E-state index contributed by atoms with van der Waals surface area (Å²) in [6, 6.07) is 17.5. The van der Waals surface area contributed by atoms with E-state index in [1.165, 1.54) is 6.07 Å². The van der Waals surface area contributed by atoms with Crippen molar-refractivity contribution in [1.82, 2.24) is 4.98 Å². The maximum atomic E-state index is 13.7. The van der Waals surface area contributed by atoms with Gasteiger partial charge < -0.3 is 10.3 Å². The van der Waals surface area contributed by atoms with Gasteiger partial charge >= 0.3 is 0 Å². The van der Waals surface area contributed by atoms with Gasteiger partial charge in [-0.15, -0.1) is 0 Å². The number of aromatic nitrogens is 1. The largest absolute Gasteiger partial charge is 0.381 e. The van der Waals surface area contributed by atoms with E-state index < -0.39 is 11.6 Å². The van der Waals surface area contributed by atoms with Crippen LogP contribution in [0.4, 0.5) is 14.5 Å². The zero-order valence-electron chi connectivity index (χ0n) is 12.2. The lowest BCUT2D eigenvalue weighted by molar-refractivity contribution is 0.587. The van der Waals surface area contributed by atoms with Gasteiger partial charge in [0, 0.05) is 39.6 Å². The van der Waals surface area contributed by atoms with Crippen LogP contribution in [0.2, 0.25) is 0 Å². The van der Waals surface area contributed by atoms with E-state index in [0.29, 0.717) is 5.56 Å². The molecule has 0 bridgehead atoms. The smallest absolute Gasteiger partial charge is 0.128 e. The fourth-order valence-electron chi connectivity index (χ4n) is 2.83. The molecule has 0 fully saturated rings. The van der Waals surface area contributed by atoms with E-state index in [-0.39, 0.29) is 6.54 Å². The fraction of sp³-hybridized carbons (Fsp3) is 0.0526. The molecule has 2 N–H and O–H groups in total. The summed E-state index contributed by atoms with van der Waals surface area (Å²) in [5.74, 6) is -0.845. The van der Waals surface area contributed by atoms with E-state index in [2.05, 4.69) is 16.4 Å². The van der Waals surface area contributed by atoms with Crippen LogP contribution in [0.15, 0.2) is 60.7 Å². The lowest BCUT2D eigenvalue weighted by Gasteiger charge is -2.08. The van der Waals surface area contributed by atoms with Gasteiger partial charge in [0.05, 0.1) is 0 Å². The molecule has 0 saturated heterocycles. The van der Waals surface area contributed by atoms with Crippen LogP contribution in [0.25, 0.3) is 21.8 Å². The molecule has 3 aromatic carbocycles. The molecular formula is C19H14F2N2. The van der Waals surface area contributed by atoms with E-state index in [1.807, 2.05) is 36.4 Å². The molecule has 0 unspecified atom stereocenters. The van der Waals surface area contributed by atoms with Crippen molar-refractivity contribution in [2.45, 2.75) is 6.54 Å². The molecule has 4 rings (SSSR count). The van der Waals surface area contributed by atoms with Crippen molar-refractivity contribution in [3.63, 3.8) is 0 Å². The molecule has 1 heterocycles. The number of aromatic amines is 1. The molecule has 23 heavy (non-hydrogen) atoms. The van der Waals surface area contributed by atoms with E-state index in [1.54, 1.807) is 0 Å². The Morgan fingerprint density at radius 1 is 0.826 bits per heavy atom. The molecule has 0 aliphatic rings. The Kier molecular flexibility index (Phi) is 3.23. The molecule has 2 nitrogen and oxygen atoms in total. The highest BCUT2D eigenvalue weighted by Gasteiger charge is 2.06. The summed E-state index contributed by atoms with van der Waals surface area (Å²) in [7, 11) is 0. The molecular weight excluding hydrogens is 294 g/mol. The first kappa shape index (κ1) is 13.8. The predicted molar refractivity (Wildman–Crippen MR) is 89.5 cm³/mol. The summed E-state index contributed by atoms with van der Waals surface area (Å²) >= 11 is 0. The number of benzene rings is 3. The van der Waals surface area contributed by atoms with Crippen LogP contribution in [-0.4, -0.2) is 4.98 Å². The summed E-state index contributed by atoms with van der Waals surface area (Å²) in [4.78, 5) is 3.36. The second-order valence-electron chi connectivity index (χ2n) is 5.52. The minimum Gasteiger partial charge on any atom is -0.381 e. The molecule has 0 spiro atoms. The van der Waals surface area contributed by atoms with Crippen LogP contribution in [0.5, 0.6) is 0 Å². The average molecular weight is 308 g/mol. The number of hydrogen-bond acceptors (Lipinski definition) is 1. The van der Waals surface area contributed by atoms with Crippen molar-refractivity contribution < 1.29 is 8.78 Å². The van der Waals surface area contributed by atoms with Crippen LogP contribution in [0.1, 0.15) is 5.56 Å². The molecule has 114 valence electrons. The van der Waals surface area contributed by atoms with Gasteiger partial charge in [0.2, 0.25) is 0 Å². The number of H-pyrrole nitrogens is 1. The summed E-state index contributed by atoms with van der Waals surface area (Å²) in [6.07, 6.45) is 0. The lowest BCUT2D eigenvalue weighted by Crippen LogP contribution is -2.02. The van der Waals surface area contributed by atoms with E-state index >= 15 is 0 Å². The van der Waals surface area contributed by atoms with Crippen molar-refractivity contribution in [2.24, 2.45) is 0 Å². The van der Waals surface area contributed by atoms with Gasteiger partial charge in [-0.1, -0.05) is 18.2 Å². The van der Waals surface area contributed by atoms with Crippen molar-refractivity contribution >= 4 is 27.5 Å². The predicted octanol–water partition coefficient (Wildman–Crippen LogP) is 5.21. The average Bonchev–Trinajstić information content (AvgIpc) is 2.94. The van der Waals surface area contributed by atoms with Gasteiger partial charge in [-0.2, -0.15) is 0 Å². The highest BCUT2D eigenvalue weighted by molar-refractivity contribution is 6.08. The number of nitrogens with one attached hydrogen (secondary N) is 2. The third-order valence-corrected chi connectivity index (χ3v) is 4.00. The Bertz CT molecular complexity index is 1000. The van der Waals surface area contributed by atoms with Crippen molar-refractivity contribution in [3.8, 4) is 0 Å². The van der Waals surface area contributed by atoms with Crippen LogP contribution < -0.4 is 5.32 Å². The molecule has 0 atom stereocenters. The topological polar surface area (TPSA) is 27.8 Å². The lowest BCUT2D eigenvalue weighted by atomic mass is 10.1. The zero-order chi connectivity index (χ0) is 15.8. The van der Waals surface area contributed by atoms with Crippen molar-refractivity contribution in [2.75, 3.05) is 5.32 Å². The molecule has 4 heteroatoms. The SMILES string of the molecule is Fc1ccc(F)c(CNc2ccc3[nH]c4ccccc4c3c2)c1. The minimum atomic E-state index is -0.435. The molecule has 4 aromatic rings. The Balaban J connectivity index is 1.66. The molecule has 1 aromatic heterocycles. The monoisotopic (exact) mass is 308 g/mol. The first-order valence-corrected chi connectivity index (χ1v) is 7.39. The Labute approximate surface area is 131 Å². The Morgan fingerprint density at radius 3 is 2.57 bits per heavy atom. The highest BCUT2D eigenvalue weighted by atomic mass is 19.1. The normalized spacial score (nSPS) is 11.2. The Hall–Kier alpha value is -2.88. The van der Waals surface area contributed by atoms with Gasteiger partial charge in [-0.05, 0) is 42.5 Å². The molecule has 0 amide bonds.